The number of Topliss-reactive ketones (excluding diaryl/α,β-unsaturated/α-hetero) is 2. The number of hydrogen-bond acceptors (Lipinski definition) is 33. The van der Waals surface area contributed by atoms with Crippen molar-refractivity contribution >= 4 is 47.8 Å². The Morgan fingerprint density at radius 1 is 0.426 bits per heavy atom. The quantitative estimate of drug-likeness (QED) is 0.0170. The van der Waals surface area contributed by atoms with Crippen molar-refractivity contribution < 1.29 is 160 Å². The summed E-state index contributed by atoms with van der Waals surface area (Å²) < 4.78 is 102. The fourth-order valence-electron chi connectivity index (χ4n) is 24.8. The summed E-state index contributed by atoms with van der Waals surface area (Å²) in [5, 5.41) is 95.4. The lowest BCUT2D eigenvalue weighted by molar-refractivity contribution is -0.345. The zero-order valence-electron chi connectivity index (χ0n) is 76.4. The molecule has 12 aliphatic rings. The predicted octanol–water partition coefficient (Wildman–Crippen LogP) is 9.37. The molecule has 6 saturated carbocycles. The normalized spacial score (nSPS) is 41.0. The molecular weight excluding hydrogens is 1680 g/mol. The molecule has 0 radical (unpaired) electrons. The lowest BCUT2D eigenvalue weighted by Crippen LogP contribution is -2.64. The van der Waals surface area contributed by atoms with Crippen LogP contribution in [0.3, 0.4) is 0 Å². The number of carbonyl (C=O) groups is 8. The van der Waals surface area contributed by atoms with E-state index in [0.717, 1.165) is 25.0 Å². The van der Waals surface area contributed by atoms with Gasteiger partial charge in [-0.25, -0.2) is 19.2 Å². The summed E-state index contributed by atoms with van der Waals surface area (Å²) in [7, 11) is 2.92. The lowest BCUT2D eigenvalue weighted by atomic mass is 9.46. The van der Waals surface area contributed by atoms with Crippen molar-refractivity contribution in [1.29, 1.82) is 0 Å². The molecule has 0 aromatic heterocycles. The molecule has 34 atom stereocenters. The van der Waals surface area contributed by atoms with E-state index in [-0.39, 0.29) is 95.7 Å². The second-order valence-corrected chi connectivity index (χ2v) is 40.2. The molecule has 4 saturated heterocycles. The van der Waals surface area contributed by atoms with Crippen molar-refractivity contribution in [1.82, 2.24) is 0 Å². The van der Waals surface area contributed by atoms with Crippen molar-refractivity contribution in [2.24, 2.45) is 80.8 Å². The fraction of sp³-hybridized carbons (Fsp3) is 0.750. The number of methoxy groups -OCH3 is 2. The van der Waals surface area contributed by atoms with Crippen LogP contribution in [0.25, 0.3) is 0 Å². The van der Waals surface area contributed by atoms with Crippen LogP contribution in [-0.4, -0.2) is 263 Å². The minimum absolute atomic E-state index is 0.0464. The van der Waals surface area contributed by atoms with E-state index in [0.29, 0.717) is 101 Å². The van der Waals surface area contributed by atoms with E-state index >= 15 is 0 Å². The molecule has 0 amide bonds. The number of rotatable bonds is 28. The van der Waals surface area contributed by atoms with Crippen LogP contribution in [0.1, 0.15) is 219 Å². The van der Waals surface area contributed by atoms with E-state index in [1.807, 2.05) is 41.5 Å². The van der Waals surface area contributed by atoms with Gasteiger partial charge in [0.25, 0.3) is 0 Å². The molecule has 10 fully saturated rings. The van der Waals surface area contributed by atoms with Gasteiger partial charge in [0, 0.05) is 62.2 Å². The van der Waals surface area contributed by atoms with Gasteiger partial charge >= 0.3 is 36.2 Å². The zero-order chi connectivity index (χ0) is 93.1. The van der Waals surface area contributed by atoms with Crippen LogP contribution in [0.4, 0.5) is 9.59 Å². The number of fused-ring (bicyclic) bond motifs is 10. The van der Waals surface area contributed by atoms with Crippen molar-refractivity contribution in [3.63, 3.8) is 0 Å². The number of carbonyl (C=O) groups excluding carboxylic acids is 8. The first-order chi connectivity index (χ1) is 61.1. The third-order valence-corrected chi connectivity index (χ3v) is 32.1. The summed E-state index contributed by atoms with van der Waals surface area (Å²) in [4.78, 5) is 110. The van der Waals surface area contributed by atoms with E-state index in [2.05, 4.69) is 26.0 Å². The Morgan fingerprint density at radius 2 is 0.775 bits per heavy atom. The predicted molar refractivity (Wildman–Crippen MR) is 452 cm³/mol. The molecule has 0 bridgehead atoms. The number of ether oxygens (including phenoxy) is 17. The Bertz CT molecular complexity index is 4130. The van der Waals surface area contributed by atoms with Crippen LogP contribution in [0.15, 0.2) is 71.8 Å². The Hall–Kier alpha value is -7.16. The maximum absolute atomic E-state index is 14.6. The summed E-state index contributed by atoms with van der Waals surface area (Å²) in [5.74, 6) is -4.90. The molecule has 716 valence electrons. The zero-order valence-corrected chi connectivity index (χ0v) is 76.4. The van der Waals surface area contributed by atoms with Gasteiger partial charge in [-0.05, 0) is 197 Å². The Morgan fingerprint density at radius 3 is 1.12 bits per heavy atom. The average molecular weight is 1820 g/mol. The van der Waals surface area contributed by atoms with E-state index in [1.54, 1.807) is 13.8 Å². The van der Waals surface area contributed by atoms with Gasteiger partial charge in [-0.15, -0.1) is 0 Å². The molecule has 2 aromatic carbocycles. The number of aliphatic hydroxyl groups is 8. The lowest BCUT2D eigenvalue weighted by Gasteiger charge is -2.59. The molecule has 8 N–H and O–H groups in total. The summed E-state index contributed by atoms with van der Waals surface area (Å²) in [6.45, 7) is 20.5. The highest BCUT2D eigenvalue weighted by atomic mass is 16.8. The van der Waals surface area contributed by atoms with Gasteiger partial charge in [0.15, 0.2) is 49.6 Å². The maximum atomic E-state index is 14.6. The molecule has 18 unspecified atom stereocenters. The Kier molecular flexibility index (Phi) is 29.9. The fourth-order valence-corrected chi connectivity index (χ4v) is 24.8. The van der Waals surface area contributed by atoms with E-state index < -0.39 is 230 Å². The van der Waals surface area contributed by atoms with E-state index in [4.69, 9.17) is 80.5 Å². The minimum atomic E-state index is -1.84. The molecule has 33 nitrogen and oxygen atoms in total. The first-order valence-electron chi connectivity index (χ1n) is 46.3. The molecule has 0 spiro atoms. The number of ketones is 2. The van der Waals surface area contributed by atoms with Crippen LogP contribution < -0.4 is 9.47 Å². The Labute approximate surface area is 752 Å². The summed E-state index contributed by atoms with van der Waals surface area (Å²) >= 11 is 0. The summed E-state index contributed by atoms with van der Waals surface area (Å²) in [5.41, 5.74) is -4.04. The van der Waals surface area contributed by atoms with Gasteiger partial charge in [-0.3, -0.25) is 19.2 Å². The summed E-state index contributed by atoms with van der Waals surface area (Å²) in [6, 6.07) is 11.9. The highest BCUT2D eigenvalue weighted by Crippen LogP contribution is 2.72. The number of esters is 4. The average Bonchev–Trinajstić information content (AvgIpc) is 1.55. The monoisotopic (exact) mass is 1810 g/mol. The van der Waals surface area contributed by atoms with E-state index in [9.17, 15) is 79.2 Å². The molecule has 8 aliphatic carbocycles. The highest BCUT2D eigenvalue weighted by molar-refractivity contribution is 5.90. The van der Waals surface area contributed by atoms with Gasteiger partial charge < -0.3 is 121 Å². The smallest absolute Gasteiger partial charge is 0.497 e. The number of benzene rings is 2. The van der Waals surface area contributed by atoms with Crippen LogP contribution in [0.2, 0.25) is 0 Å². The van der Waals surface area contributed by atoms with Crippen molar-refractivity contribution in [2.45, 2.75) is 333 Å². The van der Waals surface area contributed by atoms with E-state index in [1.165, 1.54) is 62.8 Å². The first-order valence-corrected chi connectivity index (χ1v) is 46.3. The van der Waals surface area contributed by atoms with Gasteiger partial charge in [-0.1, -0.05) is 92.5 Å². The number of allylic oxidation sites excluding steroid dienone is 2. The third kappa shape index (κ3) is 19.1. The molecule has 33 heteroatoms. The number of aliphatic hydroxyl groups excluding tert-OH is 6. The molecule has 4 heterocycles. The van der Waals surface area contributed by atoms with Gasteiger partial charge in [0.05, 0.1) is 64.0 Å². The van der Waals surface area contributed by atoms with Gasteiger partial charge in [0.2, 0.25) is 0 Å². The topological polar surface area (TPSA) is 455 Å². The van der Waals surface area contributed by atoms with Crippen LogP contribution in [0, 0.1) is 80.8 Å². The first kappa shape index (κ1) is 97.9. The van der Waals surface area contributed by atoms with Crippen LogP contribution in [-0.2, 0) is 90.2 Å². The third-order valence-electron chi connectivity index (χ3n) is 32.1. The van der Waals surface area contributed by atoms with Crippen molar-refractivity contribution in [2.75, 3.05) is 40.6 Å². The second kappa shape index (κ2) is 39.4. The SMILES string of the molecule is COc1ccc(C(=O)OC2C(OC3C(O)COC(O[C@H]4C[C@H]5[C@@H]6CC=C7C[C@H](OC(=O)OC(=O)O[C@H]8CC[C@@]9(C)C(=CC[C@@H]%10C9CC[C@@]9(C)[C@H]%10C[C@H](OC%10OCC(O)C(OC%11OCC(O)C(O)C%11OC(=O)c%11ccc(OC)cc%11)C%10OC(C)=O)[C@]9(O)[C@H](C)C(=O)CCC(C)C)C8)CC[C@]7(C)C6CC[C@]5(C)[C@@]4(O)[C@H](C)C(=O)CCC(C)C)C3OC(C)=O)OCC(O)C2O)cc1. The largest absolute Gasteiger partial charge is 0.518 e. The molecule has 4 aliphatic heterocycles. The summed E-state index contributed by atoms with van der Waals surface area (Å²) in [6.07, 6.45) is -18.8. The molecule has 129 heavy (non-hydrogen) atoms. The molecule has 2 aromatic rings. The highest BCUT2D eigenvalue weighted by Gasteiger charge is 2.73. The maximum Gasteiger partial charge on any atom is 0.518 e. The van der Waals surface area contributed by atoms with Gasteiger partial charge in [0.1, 0.15) is 95.3 Å². The number of hydrogen-bond donors (Lipinski definition) is 8. The molecule has 14 rings (SSSR count). The minimum Gasteiger partial charge on any atom is -0.497 e. The second-order valence-electron chi connectivity index (χ2n) is 40.2. The van der Waals surface area contributed by atoms with Crippen LogP contribution in [0.5, 0.6) is 11.5 Å². The Balaban J connectivity index is 0.623. The van der Waals surface area contributed by atoms with Gasteiger partial charge in [-0.2, -0.15) is 0 Å². The molecular formula is C96H134O33. The van der Waals surface area contributed by atoms with Crippen molar-refractivity contribution in [3.8, 4) is 11.5 Å². The standard InChI is InChI=1S/C96H134O33/c1-47(2)15-29-67(99)49(5)95(111)73(123-87-81(119-51(7)97)77(71(103)45-117-87)127-85-79(75(105)69(101)43-115-85)125-83(107)53-17-23-57(113-13)24-18-53)41-65-61-27-21-55-39-59(31-35-91(55,9)63(61)33-37-93(65,95)11)121-89(109)129-90(110)122-60-32-36-92(10)56(40-60)22-28-62-64(92)34-38-94(12)66(62)42-74(96(94,112)50(6)68(100)30-16-48(3)4)124-88-82(120-52(8)98)78(72(104)46-118-88)128-86-80(76(106)70(102)44-116-86)126-84(108)54-19-25-58(114-14)26-20-54/h17-26,47-50,59-66,69-82,85-88,101-106,111-112H,15-16,27-46H2,1-14H3/t49-,50-,59-,60+,61-,62-,63?,64?,65+,66+,69?,70?,71?,72?,73+,74+,75?,76?,77?,78?,79?,80?,81?,82?,85?,86?,87?,88?,91+,92+,93+,94+,95-,96-/m1/s1. The van der Waals surface area contributed by atoms with Crippen molar-refractivity contribution in [3.05, 3.63) is 83.0 Å². The van der Waals surface area contributed by atoms with Crippen LogP contribution >= 0.6 is 0 Å².